The summed E-state index contributed by atoms with van der Waals surface area (Å²) in [5.41, 5.74) is 3.20. The monoisotopic (exact) mass is 246 g/mol. The van der Waals surface area contributed by atoms with Crippen LogP contribution in [0.15, 0.2) is 22.7 Å². The molecule has 3 rings (SSSR count). The van der Waals surface area contributed by atoms with E-state index in [-0.39, 0.29) is 0 Å². The van der Waals surface area contributed by atoms with Gasteiger partial charge in [-0.25, -0.2) is 0 Å². The second-order valence-electron chi connectivity index (χ2n) is 4.83. The zero-order valence-electron chi connectivity index (χ0n) is 10.7. The Morgan fingerprint density at radius 2 is 2.11 bits per heavy atom. The summed E-state index contributed by atoms with van der Waals surface area (Å²) in [6.07, 6.45) is 0.941. The Hall–Kier alpha value is -1.39. The van der Waals surface area contributed by atoms with Gasteiger partial charge in [0.05, 0.1) is 18.9 Å². The summed E-state index contributed by atoms with van der Waals surface area (Å²) in [7, 11) is 0. The van der Waals surface area contributed by atoms with Crippen molar-refractivity contribution in [3.8, 4) is 0 Å². The molecule has 96 valence electrons. The Bertz CT molecular complexity index is 530. The number of benzene rings is 1. The van der Waals surface area contributed by atoms with Gasteiger partial charge < -0.3 is 9.26 Å². The van der Waals surface area contributed by atoms with Gasteiger partial charge in [-0.3, -0.25) is 4.90 Å². The zero-order chi connectivity index (χ0) is 12.4. The summed E-state index contributed by atoms with van der Waals surface area (Å²) in [5.74, 6) is 0. The van der Waals surface area contributed by atoms with E-state index in [1.165, 1.54) is 5.56 Å². The minimum atomic E-state index is 0.846. The van der Waals surface area contributed by atoms with Crippen molar-refractivity contribution in [2.75, 3.05) is 32.8 Å². The molecule has 0 unspecified atom stereocenters. The summed E-state index contributed by atoms with van der Waals surface area (Å²) in [4.78, 5) is 2.42. The van der Waals surface area contributed by atoms with Crippen molar-refractivity contribution in [1.82, 2.24) is 10.1 Å². The summed E-state index contributed by atoms with van der Waals surface area (Å²) in [6, 6.07) is 6.20. The van der Waals surface area contributed by atoms with E-state index in [1.54, 1.807) is 0 Å². The molecule has 18 heavy (non-hydrogen) atoms. The van der Waals surface area contributed by atoms with Crippen LogP contribution in [0.25, 0.3) is 11.0 Å². The Kier molecular flexibility index (Phi) is 3.30. The third-order valence-corrected chi connectivity index (χ3v) is 3.47. The molecule has 2 heterocycles. The van der Waals surface area contributed by atoms with Crippen LogP contribution in [0.1, 0.15) is 11.3 Å². The fourth-order valence-electron chi connectivity index (χ4n) is 2.37. The summed E-state index contributed by atoms with van der Waals surface area (Å²) in [6.45, 7) is 6.86. The number of hydrogen-bond donors (Lipinski definition) is 0. The van der Waals surface area contributed by atoms with E-state index >= 15 is 0 Å². The molecule has 0 atom stereocenters. The molecule has 1 saturated heterocycles. The van der Waals surface area contributed by atoms with E-state index in [9.17, 15) is 0 Å². The lowest BCUT2D eigenvalue weighted by Crippen LogP contribution is -2.37. The van der Waals surface area contributed by atoms with Gasteiger partial charge in [-0.1, -0.05) is 16.8 Å². The van der Waals surface area contributed by atoms with Gasteiger partial charge in [-0.15, -0.1) is 0 Å². The molecular weight excluding hydrogens is 228 g/mol. The molecule has 0 bridgehead atoms. The van der Waals surface area contributed by atoms with Crippen molar-refractivity contribution in [3.05, 3.63) is 29.5 Å². The van der Waals surface area contributed by atoms with Crippen LogP contribution < -0.4 is 0 Å². The molecule has 1 aromatic carbocycles. The van der Waals surface area contributed by atoms with Crippen molar-refractivity contribution in [1.29, 1.82) is 0 Å². The quantitative estimate of drug-likeness (QED) is 0.830. The van der Waals surface area contributed by atoms with E-state index in [0.717, 1.165) is 55.9 Å². The fourth-order valence-corrected chi connectivity index (χ4v) is 2.37. The fraction of sp³-hybridized carbons (Fsp3) is 0.500. The molecule has 0 aliphatic carbocycles. The lowest BCUT2D eigenvalue weighted by molar-refractivity contribution is 0.0383. The minimum absolute atomic E-state index is 0.846. The van der Waals surface area contributed by atoms with E-state index < -0.39 is 0 Å². The summed E-state index contributed by atoms with van der Waals surface area (Å²) < 4.78 is 10.7. The molecule has 0 amide bonds. The Morgan fingerprint density at radius 3 is 2.94 bits per heavy atom. The molecule has 0 radical (unpaired) electrons. The van der Waals surface area contributed by atoms with Crippen LogP contribution in [0.2, 0.25) is 0 Å². The summed E-state index contributed by atoms with van der Waals surface area (Å²) >= 11 is 0. The van der Waals surface area contributed by atoms with Crippen LogP contribution in [-0.2, 0) is 11.2 Å². The summed E-state index contributed by atoms with van der Waals surface area (Å²) in [5, 5.41) is 5.34. The van der Waals surface area contributed by atoms with Gasteiger partial charge in [0.1, 0.15) is 0 Å². The second kappa shape index (κ2) is 5.08. The molecule has 2 aromatic rings. The van der Waals surface area contributed by atoms with Gasteiger partial charge in [0.15, 0.2) is 5.58 Å². The number of aryl methyl sites for hydroxylation is 1. The first kappa shape index (κ1) is 11.7. The van der Waals surface area contributed by atoms with Crippen LogP contribution in [0.4, 0.5) is 0 Å². The maximum Gasteiger partial charge on any atom is 0.167 e. The van der Waals surface area contributed by atoms with Gasteiger partial charge in [0, 0.05) is 31.4 Å². The van der Waals surface area contributed by atoms with E-state index in [1.807, 2.05) is 6.07 Å². The number of aromatic nitrogens is 1. The number of rotatable bonds is 3. The number of morpholine rings is 1. The third kappa shape index (κ3) is 2.40. The molecule has 0 spiro atoms. The highest BCUT2D eigenvalue weighted by Crippen LogP contribution is 2.20. The lowest BCUT2D eigenvalue weighted by Gasteiger charge is -2.26. The number of fused-ring (bicyclic) bond motifs is 1. The van der Waals surface area contributed by atoms with Crippen molar-refractivity contribution in [2.45, 2.75) is 13.3 Å². The SMILES string of the molecule is Cc1ccc2onc(CCN3CCOCC3)c2c1. The predicted molar refractivity (Wildman–Crippen MR) is 69.7 cm³/mol. The average molecular weight is 246 g/mol. The highest BCUT2D eigenvalue weighted by molar-refractivity contribution is 5.80. The van der Waals surface area contributed by atoms with Gasteiger partial charge in [0.2, 0.25) is 0 Å². The van der Waals surface area contributed by atoms with Crippen molar-refractivity contribution in [2.24, 2.45) is 0 Å². The zero-order valence-corrected chi connectivity index (χ0v) is 10.7. The average Bonchev–Trinajstić information content (AvgIpc) is 2.80. The van der Waals surface area contributed by atoms with E-state index in [4.69, 9.17) is 9.26 Å². The van der Waals surface area contributed by atoms with Crippen LogP contribution in [0, 0.1) is 6.92 Å². The first-order valence-corrected chi connectivity index (χ1v) is 6.48. The van der Waals surface area contributed by atoms with E-state index in [2.05, 4.69) is 29.1 Å². The topological polar surface area (TPSA) is 38.5 Å². The molecule has 1 aliphatic rings. The number of nitrogens with zero attached hydrogens (tertiary/aromatic N) is 2. The Labute approximate surface area is 107 Å². The van der Waals surface area contributed by atoms with Gasteiger partial charge in [-0.2, -0.15) is 0 Å². The molecular formula is C14H18N2O2. The molecule has 4 nitrogen and oxygen atoms in total. The van der Waals surface area contributed by atoms with Crippen LogP contribution in [-0.4, -0.2) is 42.9 Å². The Morgan fingerprint density at radius 1 is 1.28 bits per heavy atom. The molecule has 0 saturated carbocycles. The molecule has 1 fully saturated rings. The molecule has 1 aromatic heterocycles. The van der Waals surface area contributed by atoms with Gasteiger partial charge >= 0.3 is 0 Å². The van der Waals surface area contributed by atoms with Crippen LogP contribution >= 0.6 is 0 Å². The van der Waals surface area contributed by atoms with Gasteiger partial charge in [-0.05, 0) is 19.1 Å². The minimum Gasteiger partial charge on any atom is -0.379 e. The van der Waals surface area contributed by atoms with Crippen molar-refractivity contribution < 1.29 is 9.26 Å². The van der Waals surface area contributed by atoms with Crippen molar-refractivity contribution in [3.63, 3.8) is 0 Å². The molecule has 0 N–H and O–H groups in total. The smallest absolute Gasteiger partial charge is 0.167 e. The normalized spacial score (nSPS) is 17.4. The van der Waals surface area contributed by atoms with Crippen LogP contribution in [0.3, 0.4) is 0 Å². The predicted octanol–water partition coefficient (Wildman–Crippen LogP) is 2.01. The van der Waals surface area contributed by atoms with Crippen molar-refractivity contribution >= 4 is 11.0 Å². The highest BCUT2D eigenvalue weighted by atomic mass is 16.5. The number of ether oxygens (including phenoxy) is 1. The first-order chi connectivity index (χ1) is 8.83. The van der Waals surface area contributed by atoms with Crippen LogP contribution in [0.5, 0.6) is 0 Å². The standard InChI is InChI=1S/C14H18N2O2/c1-11-2-3-14-12(10-11)13(15-18-14)4-5-16-6-8-17-9-7-16/h2-3,10H,4-9H2,1H3. The second-order valence-corrected chi connectivity index (χ2v) is 4.83. The Balaban J connectivity index is 1.72. The molecule has 4 heteroatoms. The van der Waals surface area contributed by atoms with Gasteiger partial charge in [0.25, 0.3) is 0 Å². The van der Waals surface area contributed by atoms with E-state index in [0.29, 0.717) is 0 Å². The largest absolute Gasteiger partial charge is 0.379 e. The molecule has 1 aliphatic heterocycles. The maximum atomic E-state index is 5.35. The third-order valence-electron chi connectivity index (χ3n) is 3.47. The highest BCUT2D eigenvalue weighted by Gasteiger charge is 2.13. The maximum absolute atomic E-state index is 5.35. The first-order valence-electron chi connectivity index (χ1n) is 6.48. The lowest BCUT2D eigenvalue weighted by atomic mass is 10.1. The number of hydrogen-bond acceptors (Lipinski definition) is 4.